The second-order valence-electron chi connectivity index (χ2n) is 4.87. The third-order valence-electron chi connectivity index (χ3n) is 3.42. The fourth-order valence-electron chi connectivity index (χ4n) is 2.43. The Hall–Kier alpha value is -1.26. The monoisotopic (exact) mass is 268 g/mol. The number of nitrogen functional groups attached to an aromatic ring is 1. The number of hydrogen-bond donors (Lipinski definition) is 3. The van der Waals surface area contributed by atoms with Crippen LogP contribution in [-0.4, -0.2) is 23.2 Å². The van der Waals surface area contributed by atoms with Crippen LogP contribution in [0.1, 0.15) is 36.0 Å². The Morgan fingerprint density at radius 2 is 2.06 bits per heavy atom. The molecule has 5 heteroatoms. The lowest BCUT2D eigenvalue weighted by molar-refractivity contribution is 0.0838. The summed E-state index contributed by atoms with van der Waals surface area (Å²) in [6, 6.07) is 4.75. The van der Waals surface area contributed by atoms with Gasteiger partial charge in [0.25, 0.3) is 5.91 Å². The van der Waals surface area contributed by atoms with E-state index in [1.165, 1.54) is 0 Å². The zero-order chi connectivity index (χ0) is 13.2. The maximum absolute atomic E-state index is 12.1. The SMILES string of the molecule is Nc1cc(Cl)cc(C(=O)NC2(CO)CCCC2)c1. The summed E-state index contributed by atoms with van der Waals surface area (Å²) in [4.78, 5) is 12.1. The maximum Gasteiger partial charge on any atom is 0.251 e. The lowest BCUT2D eigenvalue weighted by Crippen LogP contribution is -2.49. The normalized spacial score (nSPS) is 17.7. The number of aliphatic hydroxyl groups excluding tert-OH is 1. The van der Waals surface area contributed by atoms with Gasteiger partial charge in [0.2, 0.25) is 0 Å². The summed E-state index contributed by atoms with van der Waals surface area (Å²) >= 11 is 5.87. The number of amides is 1. The molecule has 1 aromatic carbocycles. The number of carbonyl (C=O) groups is 1. The molecular weight excluding hydrogens is 252 g/mol. The molecule has 1 aliphatic carbocycles. The smallest absolute Gasteiger partial charge is 0.251 e. The van der Waals surface area contributed by atoms with E-state index in [0.717, 1.165) is 25.7 Å². The van der Waals surface area contributed by atoms with Crippen molar-refractivity contribution in [2.75, 3.05) is 12.3 Å². The Balaban J connectivity index is 2.16. The van der Waals surface area contributed by atoms with Crippen LogP contribution >= 0.6 is 11.6 Å². The highest BCUT2D eigenvalue weighted by atomic mass is 35.5. The van der Waals surface area contributed by atoms with Gasteiger partial charge in [-0.05, 0) is 31.0 Å². The van der Waals surface area contributed by atoms with Crippen LogP contribution in [0.25, 0.3) is 0 Å². The molecule has 2 rings (SSSR count). The number of anilines is 1. The standard InChI is InChI=1S/C13H17ClN2O2/c14-10-5-9(6-11(15)7-10)12(18)16-13(8-17)3-1-2-4-13/h5-7,17H,1-4,8,15H2,(H,16,18). The molecule has 98 valence electrons. The molecule has 0 heterocycles. The largest absolute Gasteiger partial charge is 0.399 e. The number of nitrogens with one attached hydrogen (secondary N) is 1. The summed E-state index contributed by atoms with van der Waals surface area (Å²) in [6.07, 6.45) is 3.67. The van der Waals surface area contributed by atoms with E-state index in [-0.39, 0.29) is 12.5 Å². The van der Waals surface area contributed by atoms with Gasteiger partial charge in [-0.15, -0.1) is 0 Å². The molecule has 0 spiro atoms. The highest BCUT2D eigenvalue weighted by Crippen LogP contribution is 2.29. The quantitative estimate of drug-likeness (QED) is 0.734. The van der Waals surface area contributed by atoms with Crippen molar-refractivity contribution < 1.29 is 9.90 Å². The first-order chi connectivity index (χ1) is 8.54. The van der Waals surface area contributed by atoms with Crippen LogP contribution in [0.4, 0.5) is 5.69 Å². The molecule has 0 bridgehead atoms. The fraction of sp³-hybridized carbons (Fsp3) is 0.462. The van der Waals surface area contributed by atoms with E-state index in [0.29, 0.717) is 16.3 Å². The topological polar surface area (TPSA) is 75.4 Å². The third-order valence-corrected chi connectivity index (χ3v) is 3.64. The molecule has 0 radical (unpaired) electrons. The van der Waals surface area contributed by atoms with E-state index in [1.807, 2.05) is 0 Å². The molecule has 1 aromatic rings. The van der Waals surface area contributed by atoms with E-state index >= 15 is 0 Å². The van der Waals surface area contributed by atoms with Crippen molar-refractivity contribution in [3.05, 3.63) is 28.8 Å². The van der Waals surface area contributed by atoms with Crippen LogP contribution in [0, 0.1) is 0 Å². The van der Waals surface area contributed by atoms with E-state index < -0.39 is 5.54 Å². The average Bonchev–Trinajstić information content (AvgIpc) is 2.77. The zero-order valence-electron chi connectivity index (χ0n) is 10.1. The lowest BCUT2D eigenvalue weighted by Gasteiger charge is -2.28. The predicted octanol–water partition coefficient (Wildman–Crippen LogP) is 1.96. The van der Waals surface area contributed by atoms with Gasteiger partial charge >= 0.3 is 0 Å². The van der Waals surface area contributed by atoms with Crippen LogP contribution in [0.5, 0.6) is 0 Å². The van der Waals surface area contributed by atoms with E-state index in [9.17, 15) is 9.90 Å². The van der Waals surface area contributed by atoms with Gasteiger partial charge in [-0.2, -0.15) is 0 Å². The molecule has 18 heavy (non-hydrogen) atoms. The average molecular weight is 269 g/mol. The molecule has 4 nitrogen and oxygen atoms in total. The molecule has 0 aliphatic heterocycles. The van der Waals surface area contributed by atoms with Crippen molar-refractivity contribution in [3.8, 4) is 0 Å². The summed E-state index contributed by atoms with van der Waals surface area (Å²) < 4.78 is 0. The van der Waals surface area contributed by atoms with Crippen LogP contribution in [-0.2, 0) is 0 Å². The van der Waals surface area contributed by atoms with Gasteiger partial charge in [0.05, 0.1) is 12.1 Å². The summed E-state index contributed by atoms with van der Waals surface area (Å²) in [6.45, 7) is -0.0329. The minimum atomic E-state index is -0.478. The molecule has 1 fully saturated rings. The van der Waals surface area contributed by atoms with Crippen LogP contribution in [0.3, 0.4) is 0 Å². The van der Waals surface area contributed by atoms with Crippen LogP contribution in [0.15, 0.2) is 18.2 Å². The lowest BCUT2D eigenvalue weighted by atomic mass is 9.98. The molecule has 0 atom stereocenters. The van der Waals surface area contributed by atoms with Crippen LogP contribution < -0.4 is 11.1 Å². The molecule has 4 N–H and O–H groups in total. The molecule has 0 unspecified atom stereocenters. The van der Waals surface area contributed by atoms with E-state index in [1.54, 1.807) is 18.2 Å². The fourth-order valence-corrected chi connectivity index (χ4v) is 2.67. The second-order valence-corrected chi connectivity index (χ2v) is 5.31. The Morgan fingerprint density at radius 3 is 2.61 bits per heavy atom. The summed E-state index contributed by atoms with van der Waals surface area (Å²) in [5.74, 6) is -0.236. The molecule has 1 aliphatic rings. The van der Waals surface area contributed by atoms with Gasteiger partial charge in [-0.3, -0.25) is 4.79 Å². The highest BCUT2D eigenvalue weighted by molar-refractivity contribution is 6.31. The number of benzene rings is 1. The van der Waals surface area contributed by atoms with E-state index in [4.69, 9.17) is 17.3 Å². The number of nitrogens with two attached hydrogens (primary N) is 1. The first kappa shape index (κ1) is 13.2. The van der Waals surface area contributed by atoms with Crippen molar-refractivity contribution in [3.63, 3.8) is 0 Å². The Morgan fingerprint density at radius 1 is 1.39 bits per heavy atom. The van der Waals surface area contributed by atoms with Gasteiger partial charge in [0.1, 0.15) is 0 Å². The van der Waals surface area contributed by atoms with Gasteiger partial charge in [0.15, 0.2) is 0 Å². The minimum absolute atomic E-state index is 0.0329. The molecule has 0 aromatic heterocycles. The Kier molecular flexibility index (Phi) is 3.78. The maximum atomic E-state index is 12.1. The first-order valence-corrected chi connectivity index (χ1v) is 6.42. The van der Waals surface area contributed by atoms with Crippen molar-refractivity contribution in [2.24, 2.45) is 0 Å². The first-order valence-electron chi connectivity index (χ1n) is 6.04. The van der Waals surface area contributed by atoms with Crippen LogP contribution in [0.2, 0.25) is 5.02 Å². The van der Waals surface area contributed by atoms with Crippen molar-refractivity contribution in [1.29, 1.82) is 0 Å². The highest BCUT2D eigenvalue weighted by Gasteiger charge is 2.34. The predicted molar refractivity (Wildman–Crippen MR) is 71.6 cm³/mol. The Labute approximate surface area is 111 Å². The second kappa shape index (κ2) is 5.16. The molecule has 0 saturated heterocycles. The third kappa shape index (κ3) is 2.76. The molecular formula is C13H17ClN2O2. The number of halogens is 1. The zero-order valence-corrected chi connectivity index (χ0v) is 10.8. The number of carbonyl (C=O) groups excluding carboxylic acids is 1. The number of aliphatic hydroxyl groups is 1. The van der Waals surface area contributed by atoms with Gasteiger partial charge in [0, 0.05) is 16.3 Å². The van der Waals surface area contributed by atoms with Crippen molar-refractivity contribution in [1.82, 2.24) is 5.32 Å². The summed E-state index contributed by atoms with van der Waals surface area (Å²) in [5.41, 5.74) is 6.06. The molecule has 1 saturated carbocycles. The summed E-state index contributed by atoms with van der Waals surface area (Å²) in [5, 5.41) is 12.8. The van der Waals surface area contributed by atoms with Crippen molar-refractivity contribution in [2.45, 2.75) is 31.2 Å². The summed E-state index contributed by atoms with van der Waals surface area (Å²) in [7, 11) is 0. The Bertz CT molecular complexity index is 436. The van der Waals surface area contributed by atoms with Crippen molar-refractivity contribution >= 4 is 23.2 Å². The van der Waals surface area contributed by atoms with Gasteiger partial charge in [-0.1, -0.05) is 24.4 Å². The minimum Gasteiger partial charge on any atom is -0.399 e. The number of hydrogen-bond acceptors (Lipinski definition) is 3. The number of rotatable bonds is 3. The van der Waals surface area contributed by atoms with Gasteiger partial charge < -0.3 is 16.2 Å². The van der Waals surface area contributed by atoms with Gasteiger partial charge in [-0.25, -0.2) is 0 Å². The van der Waals surface area contributed by atoms with E-state index in [2.05, 4.69) is 5.32 Å². The molecule has 1 amide bonds.